The molecule has 0 rings (SSSR count). The highest BCUT2D eigenvalue weighted by Gasteiger charge is 2.11. The van der Waals surface area contributed by atoms with Crippen LogP contribution in [0.1, 0.15) is 59.8 Å². The maximum Gasteiger partial charge on any atom is 0.306 e. The summed E-state index contributed by atoms with van der Waals surface area (Å²) in [5, 5.41) is 0. The lowest BCUT2D eigenvalue weighted by molar-refractivity contribution is -0.149. The number of hydrogen-bond acceptors (Lipinski definition) is 2. The Bertz CT molecular complexity index is 154. The standard InChI is InChI=1S/C12H24O2/c1-5-7-8-10(3)9-12(13)14-11(4)6-2/h10-11H,5-9H2,1-4H3/t10-,11+/m0/s1. The Morgan fingerprint density at radius 2 is 1.93 bits per heavy atom. The van der Waals surface area contributed by atoms with Crippen LogP contribution in [-0.4, -0.2) is 12.1 Å². The first-order valence-corrected chi connectivity index (χ1v) is 5.79. The van der Waals surface area contributed by atoms with Crippen molar-refractivity contribution < 1.29 is 9.53 Å². The predicted octanol–water partition coefficient (Wildman–Crippen LogP) is 3.54. The van der Waals surface area contributed by atoms with Gasteiger partial charge in [0.1, 0.15) is 0 Å². The quantitative estimate of drug-likeness (QED) is 0.587. The van der Waals surface area contributed by atoms with E-state index in [0.29, 0.717) is 12.3 Å². The first-order chi connectivity index (χ1) is 6.60. The topological polar surface area (TPSA) is 26.3 Å². The van der Waals surface area contributed by atoms with Crippen molar-refractivity contribution in [2.75, 3.05) is 0 Å². The van der Waals surface area contributed by atoms with Gasteiger partial charge < -0.3 is 4.74 Å². The first kappa shape index (κ1) is 13.5. The molecule has 0 aliphatic rings. The van der Waals surface area contributed by atoms with Gasteiger partial charge in [-0.15, -0.1) is 0 Å². The highest BCUT2D eigenvalue weighted by molar-refractivity contribution is 5.69. The summed E-state index contributed by atoms with van der Waals surface area (Å²) in [4.78, 5) is 11.4. The molecule has 2 heteroatoms. The van der Waals surface area contributed by atoms with Gasteiger partial charge in [0.2, 0.25) is 0 Å². The normalized spacial score (nSPS) is 14.9. The van der Waals surface area contributed by atoms with Gasteiger partial charge in [0.05, 0.1) is 6.10 Å². The molecule has 0 amide bonds. The molecule has 0 aromatic rings. The summed E-state index contributed by atoms with van der Waals surface area (Å²) in [6.07, 6.45) is 5.08. The Labute approximate surface area is 88.0 Å². The van der Waals surface area contributed by atoms with Crippen LogP contribution >= 0.6 is 0 Å². The van der Waals surface area contributed by atoms with Gasteiger partial charge in [-0.3, -0.25) is 4.79 Å². The van der Waals surface area contributed by atoms with Gasteiger partial charge in [0.15, 0.2) is 0 Å². The van der Waals surface area contributed by atoms with Gasteiger partial charge in [-0.05, 0) is 19.3 Å². The molecule has 0 aromatic heterocycles. The molecule has 2 atom stereocenters. The molecular formula is C12H24O2. The van der Waals surface area contributed by atoms with Crippen LogP contribution in [0.3, 0.4) is 0 Å². The Balaban J connectivity index is 3.60. The summed E-state index contributed by atoms with van der Waals surface area (Å²) in [5.74, 6) is 0.425. The second-order valence-electron chi connectivity index (χ2n) is 4.16. The van der Waals surface area contributed by atoms with Crippen LogP contribution in [0, 0.1) is 5.92 Å². The van der Waals surface area contributed by atoms with Crippen LogP contribution in [0.25, 0.3) is 0 Å². The van der Waals surface area contributed by atoms with E-state index in [0.717, 1.165) is 12.8 Å². The summed E-state index contributed by atoms with van der Waals surface area (Å²) in [6, 6.07) is 0. The highest BCUT2D eigenvalue weighted by atomic mass is 16.5. The van der Waals surface area contributed by atoms with E-state index in [4.69, 9.17) is 4.74 Å². The number of ether oxygens (including phenoxy) is 1. The molecule has 0 aromatic carbocycles. The minimum absolute atomic E-state index is 0.0389. The molecule has 0 saturated carbocycles. The molecule has 0 bridgehead atoms. The van der Waals surface area contributed by atoms with Crippen LogP contribution in [0.4, 0.5) is 0 Å². The van der Waals surface area contributed by atoms with E-state index < -0.39 is 0 Å². The van der Waals surface area contributed by atoms with Crippen LogP contribution in [0.2, 0.25) is 0 Å². The van der Waals surface area contributed by atoms with Crippen LogP contribution < -0.4 is 0 Å². The van der Waals surface area contributed by atoms with E-state index in [1.165, 1.54) is 12.8 Å². The number of unbranched alkanes of at least 4 members (excludes halogenated alkanes) is 1. The third-order valence-corrected chi connectivity index (χ3v) is 2.47. The number of carbonyl (C=O) groups is 1. The number of rotatable bonds is 7. The zero-order valence-electron chi connectivity index (χ0n) is 10.0. The monoisotopic (exact) mass is 200 g/mol. The Morgan fingerprint density at radius 3 is 2.43 bits per heavy atom. The summed E-state index contributed by atoms with van der Waals surface area (Å²) < 4.78 is 5.21. The molecule has 2 nitrogen and oxygen atoms in total. The largest absolute Gasteiger partial charge is 0.463 e. The average molecular weight is 200 g/mol. The summed E-state index contributed by atoms with van der Waals surface area (Å²) in [7, 11) is 0. The number of esters is 1. The number of hydrogen-bond donors (Lipinski definition) is 0. The van der Waals surface area contributed by atoms with E-state index in [9.17, 15) is 4.79 Å². The number of carbonyl (C=O) groups excluding carboxylic acids is 1. The third-order valence-electron chi connectivity index (χ3n) is 2.47. The maximum absolute atomic E-state index is 11.4. The third kappa shape index (κ3) is 6.93. The summed E-state index contributed by atoms with van der Waals surface area (Å²) in [5.41, 5.74) is 0. The molecule has 0 fully saturated rings. The Kier molecular flexibility index (Phi) is 7.54. The smallest absolute Gasteiger partial charge is 0.306 e. The van der Waals surface area contributed by atoms with Gasteiger partial charge in [0, 0.05) is 6.42 Å². The fourth-order valence-electron chi connectivity index (χ4n) is 1.30. The van der Waals surface area contributed by atoms with Gasteiger partial charge in [-0.2, -0.15) is 0 Å². The second-order valence-corrected chi connectivity index (χ2v) is 4.16. The SMILES string of the molecule is CCCC[C@H](C)CC(=O)O[C@H](C)CC. The van der Waals surface area contributed by atoms with Crippen LogP contribution in [-0.2, 0) is 9.53 Å². The minimum atomic E-state index is -0.0389. The van der Waals surface area contributed by atoms with Crippen molar-refractivity contribution in [1.29, 1.82) is 0 Å². The fourth-order valence-corrected chi connectivity index (χ4v) is 1.30. The lowest BCUT2D eigenvalue weighted by Gasteiger charge is -2.13. The van der Waals surface area contributed by atoms with E-state index in [1.807, 2.05) is 13.8 Å². The lowest BCUT2D eigenvalue weighted by Crippen LogP contribution is -2.16. The zero-order chi connectivity index (χ0) is 11.0. The van der Waals surface area contributed by atoms with Crippen molar-refractivity contribution in [3.63, 3.8) is 0 Å². The van der Waals surface area contributed by atoms with E-state index in [1.54, 1.807) is 0 Å². The molecule has 0 radical (unpaired) electrons. The molecule has 84 valence electrons. The van der Waals surface area contributed by atoms with E-state index in [2.05, 4.69) is 13.8 Å². The predicted molar refractivity (Wildman–Crippen MR) is 59.2 cm³/mol. The Morgan fingerprint density at radius 1 is 1.29 bits per heavy atom. The molecule has 0 unspecified atom stereocenters. The fraction of sp³-hybridized carbons (Fsp3) is 0.917. The van der Waals surface area contributed by atoms with Gasteiger partial charge >= 0.3 is 5.97 Å². The van der Waals surface area contributed by atoms with Crippen molar-refractivity contribution in [2.24, 2.45) is 5.92 Å². The molecule has 0 spiro atoms. The zero-order valence-corrected chi connectivity index (χ0v) is 10.0. The van der Waals surface area contributed by atoms with Gasteiger partial charge in [-0.25, -0.2) is 0 Å². The molecule has 0 heterocycles. The molecule has 14 heavy (non-hydrogen) atoms. The van der Waals surface area contributed by atoms with Crippen molar-refractivity contribution in [3.05, 3.63) is 0 Å². The van der Waals surface area contributed by atoms with E-state index in [-0.39, 0.29) is 12.1 Å². The first-order valence-electron chi connectivity index (χ1n) is 5.79. The second kappa shape index (κ2) is 7.84. The van der Waals surface area contributed by atoms with Crippen molar-refractivity contribution in [3.8, 4) is 0 Å². The maximum atomic E-state index is 11.4. The van der Waals surface area contributed by atoms with Crippen LogP contribution in [0.15, 0.2) is 0 Å². The molecule has 0 aliphatic heterocycles. The average Bonchev–Trinajstić information content (AvgIpc) is 2.14. The van der Waals surface area contributed by atoms with Gasteiger partial charge in [0.25, 0.3) is 0 Å². The van der Waals surface area contributed by atoms with Crippen molar-refractivity contribution in [1.82, 2.24) is 0 Å². The van der Waals surface area contributed by atoms with Gasteiger partial charge in [-0.1, -0.05) is 40.0 Å². The highest BCUT2D eigenvalue weighted by Crippen LogP contribution is 2.13. The molecule has 0 saturated heterocycles. The molecular weight excluding hydrogens is 176 g/mol. The van der Waals surface area contributed by atoms with Crippen molar-refractivity contribution in [2.45, 2.75) is 65.9 Å². The summed E-state index contributed by atoms with van der Waals surface area (Å²) in [6.45, 7) is 8.25. The van der Waals surface area contributed by atoms with E-state index >= 15 is 0 Å². The minimum Gasteiger partial charge on any atom is -0.463 e. The summed E-state index contributed by atoms with van der Waals surface area (Å²) >= 11 is 0. The van der Waals surface area contributed by atoms with Crippen molar-refractivity contribution >= 4 is 5.97 Å². The lowest BCUT2D eigenvalue weighted by atomic mass is 10.0. The Hall–Kier alpha value is -0.530. The molecule has 0 aliphatic carbocycles. The van der Waals surface area contributed by atoms with Crippen LogP contribution in [0.5, 0.6) is 0 Å². The molecule has 0 N–H and O–H groups in total.